The Morgan fingerprint density at radius 2 is 1.78 bits per heavy atom. The minimum Gasteiger partial charge on any atom is -0.350 e. The van der Waals surface area contributed by atoms with Crippen LogP contribution in [0.15, 0.2) is 24.3 Å². The first-order valence-corrected chi connectivity index (χ1v) is 8.47. The summed E-state index contributed by atoms with van der Waals surface area (Å²) in [5.74, 6) is -2.26. The fraction of sp³-hybridized carbons (Fsp3) is 0.389. The molecule has 0 saturated carbocycles. The lowest BCUT2D eigenvalue weighted by Crippen LogP contribution is -2.49. The van der Waals surface area contributed by atoms with Gasteiger partial charge in [-0.25, -0.2) is 4.39 Å². The van der Waals surface area contributed by atoms with Gasteiger partial charge >= 0.3 is 0 Å². The van der Waals surface area contributed by atoms with Gasteiger partial charge in [-0.1, -0.05) is 19.1 Å². The highest BCUT2D eigenvalue weighted by atomic mass is 19.1. The van der Waals surface area contributed by atoms with Crippen molar-refractivity contribution >= 4 is 29.7 Å². The van der Waals surface area contributed by atoms with Crippen LogP contribution in [0.25, 0.3) is 0 Å². The lowest BCUT2D eigenvalue weighted by atomic mass is 10.1. The van der Waals surface area contributed by atoms with Crippen molar-refractivity contribution in [3.8, 4) is 0 Å². The molecule has 0 aliphatic heterocycles. The van der Waals surface area contributed by atoms with Gasteiger partial charge < -0.3 is 21.4 Å². The first kappa shape index (κ1) is 21.9. The summed E-state index contributed by atoms with van der Waals surface area (Å²) < 4.78 is 12.9. The molecule has 1 atom stereocenters. The number of Topliss-reactive ketones (excluding diaryl/α,β-unsaturated/α-hetero) is 1. The van der Waals surface area contributed by atoms with Crippen molar-refractivity contribution in [3.05, 3.63) is 35.6 Å². The summed E-state index contributed by atoms with van der Waals surface area (Å²) in [7, 11) is 0. The molecule has 1 aromatic carbocycles. The molecule has 1 rings (SSSR count). The van der Waals surface area contributed by atoms with Crippen molar-refractivity contribution in [2.24, 2.45) is 0 Å². The second-order valence-corrected chi connectivity index (χ2v) is 5.74. The minimum absolute atomic E-state index is 0.0108. The van der Waals surface area contributed by atoms with Crippen LogP contribution < -0.4 is 16.0 Å². The Morgan fingerprint density at radius 3 is 2.37 bits per heavy atom. The van der Waals surface area contributed by atoms with E-state index in [4.69, 9.17) is 5.41 Å². The molecular formula is C18H23FN4O4. The normalized spacial score (nSPS) is 11.2. The summed E-state index contributed by atoms with van der Waals surface area (Å²) in [5.41, 5.74) is 0.667. The van der Waals surface area contributed by atoms with Gasteiger partial charge in [0, 0.05) is 19.4 Å². The quantitative estimate of drug-likeness (QED) is 0.417. The lowest BCUT2D eigenvalue weighted by molar-refractivity contribution is -0.130. The summed E-state index contributed by atoms with van der Waals surface area (Å²) in [6, 6.07) is 4.56. The van der Waals surface area contributed by atoms with Crippen molar-refractivity contribution < 1.29 is 23.6 Å². The van der Waals surface area contributed by atoms with Gasteiger partial charge in [-0.3, -0.25) is 19.2 Å². The van der Waals surface area contributed by atoms with E-state index in [-0.39, 0.29) is 38.3 Å². The second-order valence-electron chi connectivity index (χ2n) is 5.74. The van der Waals surface area contributed by atoms with Crippen LogP contribution in [-0.2, 0) is 25.7 Å². The van der Waals surface area contributed by atoms with Gasteiger partial charge in [0.25, 0.3) is 0 Å². The van der Waals surface area contributed by atoms with Crippen molar-refractivity contribution in [1.29, 1.82) is 5.41 Å². The smallest absolute Gasteiger partial charge is 0.242 e. The molecule has 0 fully saturated rings. The van der Waals surface area contributed by atoms with Crippen LogP contribution in [0.4, 0.5) is 4.39 Å². The minimum atomic E-state index is -1.000. The van der Waals surface area contributed by atoms with E-state index in [2.05, 4.69) is 16.0 Å². The Bertz CT molecular complexity index is 691. The van der Waals surface area contributed by atoms with E-state index in [1.54, 1.807) is 6.92 Å². The summed E-state index contributed by atoms with van der Waals surface area (Å²) >= 11 is 0. The monoisotopic (exact) mass is 378 g/mol. The molecule has 0 spiro atoms. The maximum Gasteiger partial charge on any atom is 0.242 e. The molecule has 0 saturated heterocycles. The topological polar surface area (TPSA) is 128 Å². The van der Waals surface area contributed by atoms with Crippen LogP contribution in [0.2, 0.25) is 0 Å². The van der Waals surface area contributed by atoms with Gasteiger partial charge in [-0.15, -0.1) is 0 Å². The molecule has 9 heteroatoms. The number of amides is 3. The van der Waals surface area contributed by atoms with Gasteiger partial charge in [-0.05, 0) is 24.1 Å². The fourth-order valence-electron chi connectivity index (χ4n) is 2.09. The SMILES string of the molecule is CCC(=O)NCC(=O)N[C@@H](CCC(=O)C=N)C(=O)NCc1ccc(F)cc1. The van der Waals surface area contributed by atoms with Crippen LogP contribution in [-0.4, -0.2) is 42.3 Å². The molecule has 3 amide bonds. The standard InChI is InChI=1S/C18H23FN4O4/c1-2-16(25)21-11-17(26)23-15(8-7-14(24)9-20)18(27)22-10-12-3-5-13(19)6-4-12/h3-6,9,15,20H,2,7-8,10-11H2,1H3,(H,21,25)(H,22,27)(H,23,26)/t15-/m0/s1. The van der Waals surface area contributed by atoms with Gasteiger partial charge in [0.15, 0.2) is 5.78 Å². The molecule has 0 bridgehead atoms. The molecule has 1 aromatic rings. The number of benzene rings is 1. The van der Waals surface area contributed by atoms with Crippen molar-refractivity contribution in [3.63, 3.8) is 0 Å². The lowest BCUT2D eigenvalue weighted by Gasteiger charge is -2.18. The first-order valence-electron chi connectivity index (χ1n) is 8.47. The zero-order valence-electron chi connectivity index (χ0n) is 15.0. The molecular weight excluding hydrogens is 355 g/mol. The number of rotatable bonds is 11. The summed E-state index contributed by atoms with van der Waals surface area (Å²) in [4.78, 5) is 46.8. The van der Waals surface area contributed by atoms with E-state index >= 15 is 0 Å². The van der Waals surface area contributed by atoms with Crippen LogP contribution in [0.1, 0.15) is 31.7 Å². The number of hydrogen-bond donors (Lipinski definition) is 4. The number of hydrogen-bond acceptors (Lipinski definition) is 5. The van der Waals surface area contributed by atoms with Crippen molar-refractivity contribution in [2.45, 2.75) is 38.8 Å². The van der Waals surface area contributed by atoms with Crippen LogP contribution >= 0.6 is 0 Å². The molecule has 0 unspecified atom stereocenters. The molecule has 0 aliphatic carbocycles. The number of carbonyl (C=O) groups is 4. The van der Waals surface area contributed by atoms with Crippen LogP contribution in [0.3, 0.4) is 0 Å². The Labute approximate surface area is 156 Å². The Hall–Kier alpha value is -3.10. The van der Waals surface area contributed by atoms with E-state index in [1.165, 1.54) is 24.3 Å². The zero-order valence-corrected chi connectivity index (χ0v) is 15.0. The average Bonchev–Trinajstić information content (AvgIpc) is 2.68. The van der Waals surface area contributed by atoms with Crippen LogP contribution in [0, 0.1) is 11.2 Å². The molecule has 0 radical (unpaired) electrons. The third kappa shape index (κ3) is 8.70. The average molecular weight is 378 g/mol. The molecule has 4 N–H and O–H groups in total. The predicted molar refractivity (Wildman–Crippen MR) is 96.5 cm³/mol. The summed E-state index contributed by atoms with van der Waals surface area (Å²) in [6.07, 6.45) is 0.802. The molecule has 146 valence electrons. The van der Waals surface area contributed by atoms with E-state index in [0.29, 0.717) is 11.8 Å². The van der Waals surface area contributed by atoms with Gasteiger partial charge in [0.1, 0.15) is 11.9 Å². The van der Waals surface area contributed by atoms with Crippen LogP contribution in [0.5, 0.6) is 0 Å². The highest BCUT2D eigenvalue weighted by Crippen LogP contribution is 2.04. The molecule has 0 aromatic heterocycles. The zero-order chi connectivity index (χ0) is 20.2. The van der Waals surface area contributed by atoms with E-state index in [9.17, 15) is 23.6 Å². The maximum atomic E-state index is 12.9. The largest absolute Gasteiger partial charge is 0.350 e. The van der Waals surface area contributed by atoms with Gasteiger partial charge in [-0.2, -0.15) is 0 Å². The van der Waals surface area contributed by atoms with E-state index < -0.39 is 29.5 Å². The first-order chi connectivity index (χ1) is 12.8. The highest BCUT2D eigenvalue weighted by molar-refractivity contribution is 6.26. The highest BCUT2D eigenvalue weighted by Gasteiger charge is 2.21. The fourth-order valence-corrected chi connectivity index (χ4v) is 2.09. The van der Waals surface area contributed by atoms with E-state index in [1.807, 2.05) is 0 Å². The molecule has 0 heterocycles. The number of halogens is 1. The molecule has 27 heavy (non-hydrogen) atoms. The third-order valence-electron chi connectivity index (χ3n) is 3.64. The van der Waals surface area contributed by atoms with Crippen molar-refractivity contribution in [2.75, 3.05) is 6.54 Å². The van der Waals surface area contributed by atoms with Gasteiger partial charge in [0.05, 0.1) is 12.8 Å². The molecule has 0 aliphatic rings. The van der Waals surface area contributed by atoms with Crippen molar-refractivity contribution in [1.82, 2.24) is 16.0 Å². The summed E-state index contributed by atoms with van der Waals surface area (Å²) in [6.45, 7) is 1.48. The third-order valence-corrected chi connectivity index (χ3v) is 3.64. The predicted octanol–water partition coefficient (Wildman–Crippen LogP) is 0.452. The number of nitrogens with one attached hydrogen (secondary N) is 4. The Balaban J connectivity index is 2.64. The number of carbonyl (C=O) groups excluding carboxylic acids is 4. The number of ketones is 1. The summed E-state index contributed by atoms with van der Waals surface area (Å²) in [5, 5.41) is 14.4. The molecule has 8 nitrogen and oxygen atoms in total. The Morgan fingerprint density at radius 1 is 1.11 bits per heavy atom. The second kappa shape index (κ2) is 11.5. The Kier molecular flexibility index (Phi) is 9.35. The van der Waals surface area contributed by atoms with E-state index in [0.717, 1.165) is 0 Å². The maximum absolute atomic E-state index is 12.9. The van der Waals surface area contributed by atoms with Gasteiger partial charge in [0.2, 0.25) is 17.7 Å².